The largest absolute Gasteiger partial charge is 0.0622 e. The summed E-state index contributed by atoms with van der Waals surface area (Å²) >= 11 is 0. The molecule has 1 aliphatic rings. The van der Waals surface area contributed by atoms with E-state index >= 15 is 0 Å². The Morgan fingerprint density at radius 2 is 0.655 bits per heavy atom. The van der Waals surface area contributed by atoms with E-state index in [0.717, 1.165) is 0 Å². The van der Waals surface area contributed by atoms with Gasteiger partial charge < -0.3 is 0 Å². The number of rotatable bonds is 5. The second-order valence-corrected chi connectivity index (χ2v) is 18.1. The molecule has 0 aliphatic heterocycles. The van der Waals surface area contributed by atoms with Gasteiger partial charge in [0.15, 0.2) is 0 Å². The van der Waals surface area contributed by atoms with Crippen LogP contribution in [-0.2, 0) is 10.8 Å². The van der Waals surface area contributed by atoms with Crippen molar-refractivity contribution in [3.63, 3.8) is 0 Å². The van der Waals surface area contributed by atoms with E-state index in [4.69, 9.17) is 0 Å². The zero-order valence-electron chi connectivity index (χ0n) is 34.3. The Kier molecular flexibility index (Phi) is 8.39. The van der Waals surface area contributed by atoms with Gasteiger partial charge in [-0.1, -0.05) is 205 Å². The molecule has 1 aliphatic carbocycles. The van der Waals surface area contributed by atoms with Crippen molar-refractivity contribution in [3.8, 4) is 77.9 Å². The molecule has 0 nitrogen and oxygen atoms in total. The maximum Gasteiger partial charge on any atom is -0.000741 e. The first-order chi connectivity index (χ1) is 28.0. The lowest BCUT2D eigenvalue weighted by Gasteiger charge is -2.20. The lowest BCUT2D eigenvalue weighted by Crippen LogP contribution is -2.10. The molecule has 0 radical (unpaired) electrons. The number of benzene rings is 9. The Balaban J connectivity index is 1.24. The number of fused-ring (bicyclic) bond motifs is 4. The summed E-state index contributed by atoms with van der Waals surface area (Å²) in [5.41, 5.74) is 20.6. The van der Waals surface area contributed by atoms with Gasteiger partial charge in [0.05, 0.1) is 0 Å². The minimum atomic E-state index is 0.0924. The third-order valence-corrected chi connectivity index (χ3v) is 12.3. The minimum Gasteiger partial charge on any atom is -0.0622 e. The van der Waals surface area contributed by atoms with Crippen molar-refractivity contribution in [2.75, 3.05) is 0 Å². The van der Waals surface area contributed by atoms with Crippen LogP contribution in [0.25, 0.3) is 99.4 Å². The summed E-state index contributed by atoms with van der Waals surface area (Å²) in [6, 6.07) is 68.4. The van der Waals surface area contributed by atoms with E-state index in [2.05, 4.69) is 224 Å². The van der Waals surface area contributed by atoms with Crippen molar-refractivity contribution < 1.29 is 0 Å². The predicted octanol–water partition coefficient (Wildman–Crippen LogP) is 16.6. The second-order valence-electron chi connectivity index (χ2n) is 18.1. The van der Waals surface area contributed by atoms with Crippen LogP contribution in [0.2, 0.25) is 0 Å². The van der Waals surface area contributed by atoms with Crippen molar-refractivity contribution in [1.82, 2.24) is 0 Å². The Morgan fingerprint density at radius 1 is 0.259 bits per heavy atom. The first kappa shape index (κ1) is 35.9. The van der Waals surface area contributed by atoms with E-state index in [1.54, 1.807) is 0 Å². The lowest BCUT2D eigenvalue weighted by atomic mass is 9.82. The van der Waals surface area contributed by atoms with Crippen LogP contribution in [0.4, 0.5) is 0 Å². The first-order valence-electron chi connectivity index (χ1n) is 20.7. The molecule has 0 saturated heterocycles. The third-order valence-electron chi connectivity index (χ3n) is 12.3. The predicted molar refractivity (Wildman–Crippen MR) is 250 cm³/mol. The zero-order valence-corrected chi connectivity index (χ0v) is 34.3. The van der Waals surface area contributed by atoms with Crippen LogP contribution in [0.1, 0.15) is 52.7 Å². The van der Waals surface area contributed by atoms with Crippen LogP contribution in [0.3, 0.4) is 0 Å². The van der Waals surface area contributed by atoms with E-state index in [9.17, 15) is 0 Å². The van der Waals surface area contributed by atoms with Crippen molar-refractivity contribution in [1.29, 1.82) is 0 Å². The molecule has 0 saturated carbocycles. The van der Waals surface area contributed by atoms with E-state index in [-0.39, 0.29) is 10.8 Å². The smallest absolute Gasteiger partial charge is 0.000741 e. The normalized spacial score (nSPS) is 12.3. The van der Waals surface area contributed by atoms with Crippen molar-refractivity contribution >= 4 is 21.5 Å². The fraction of sp³-hybridized carbons (Fsp3) is 0.138. The average Bonchev–Trinajstić information content (AvgIpc) is 3.57. The Labute approximate surface area is 343 Å². The Bertz CT molecular complexity index is 2840. The van der Waals surface area contributed by atoms with Crippen LogP contribution in [0.5, 0.6) is 0 Å². The van der Waals surface area contributed by atoms with Crippen LogP contribution < -0.4 is 0 Å². The SMILES string of the molecule is CC(C)(C)c1ccc(-c2cc(-c3ccc(C(C)(C)C)cc3)cc(-c3ccc4c5c(cccc35)-c3c-4c(-c4ccccc4)c4ccccc4c3-c3ccccc3)c2)cc1. The molecule has 0 atom stereocenters. The highest BCUT2D eigenvalue weighted by molar-refractivity contribution is 6.28. The zero-order chi connectivity index (χ0) is 39.8. The molecule has 0 fully saturated rings. The summed E-state index contributed by atoms with van der Waals surface area (Å²) in [6.45, 7) is 13.7. The summed E-state index contributed by atoms with van der Waals surface area (Å²) < 4.78 is 0. The monoisotopic (exact) mass is 744 g/mol. The third kappa shape index (κ3) is 5.98. The maximum absolute atomic E-state index is 2.41. The average molecular weight is 745 g/mol. The van der Waals surface area contributed by atoms with Gasteiger partial charge in [-0.3, -0.25) is 0 Å². The number of hydrogen-bond donors (Lipinski definition) is 0. The molecule has 9 aromatic rings. The molecule has 58 heavy (non-hydrogen) atoms. The van der Waals surface area contributed by atoms with E-state index in [0.29, 0.717) is 0 Å². The highest BCUT2D eigenvalue weighted by Crippen LogP contribution is 2.58. The van der Waals surface area contributed by atoms with Crippen LogP contribution in [0.15, 0.2) is 182 Å². The van der Waals surface area contributed by atoms with Gasteiger partial charge in [0.2, 0.25) is 0 Å². The first-order valence-corrected chi connectivity index (χ1v) is 20.7. The van der Waals surface area contributed by atoms with Gasteiger partial charge in [-0.25, -0.2) is 0 Å². The lowest BCUT2D eigenvalue weighted by molar-refractivity contribution is 0.590. The molecule has 0 spiro atoms. The topological polar surface area (TPSA) is 0 Å². The molecule has 0 amide bonds. The van der Waals surface area contributed by atoms with Crippen molar-refractivity contribution in [2.45, 2.75) is 52.4 Å². The molecule has 0 N–H and O–H groups in total. The summed E-state index contributed by atoms with van der Waals surface area (Å²) in [6.07, 6.45) is 0. The van der Waals surface area contributed by atoms with Gasteiger partial charge in [0, 0.05) is 0 Å². The number of hydrogen-bond acceptors (Lipinski definition) is 0. The van der Waals surface area contributed by atoms with Gasteiger partial charge in [-0.2, -0.15) is 0 Å². The summed E-state index contributed by atoms with van der Waals surface area (Å²) in [5.74, 6) is 0. The molecule has 0 heterocycles. The van der Waals surface area contributed by atoms with Gasteiger partial charge in [0.25, 0.3) is 0 Å². The summed E-state index contributed by atoms with van der Waals surface area (Å²) in [4.78, 5) is 0. The van der Waals surface area contributed by atoms with Crippen molar-refractivity contribution in [2.24, 2.45) is 0 Å². The fourth-order valence-corrected chi connectivity index (χ4v) is 9.30. The van der Waals surface area contributed by atoms with Crippen LogP contribution in [-0.4, -0.2) is 0 Å². The van der Waals surface area contributed by atoms with Crippen LogP contribution >= 0.6 is 0 Å². The second kappa shape index (κ2) is 13.6. The quantitative estimate of drug-likeness (QED) is 0.165. The van der Waals surface area contributed by atoms with Gasteiger partial charge in [-0.15, -0.1) is 0 Å². The standard InChI is InChI=1S/C58H48/c1-57(2,3)44-28-24-37(25-29-44)41-34-42(38-26-30-45(31-27-38)58(4,5)6)36-43(35-41)46-32-33-51-54-47(46)22-15-23-50(54)55-52(39-16-9-7-10-17-39)48-20-13-14-21-49(48)53(56(51)55)40-18-11-8-12-19-40/h7-36H,1-6H3. The summed E-state index contributed by atoms with van der Waals surface area (Å²) in [7, 11) is 0. The maximum atomic E-state index is 2.41. The van der Waals surface area contributed by atoms with E-state index in [1.807, 2.05) is 0 Å². The van der Waals surface area contributed by atoms with Crippen molar-refractivity contribution in [3.05, 3.63) is 193 Å². The molecule has 0 bridgehead atoms. The molecule has 0 heteroatoms. The highest BCUT2D eigenvalue weighted by Gasteiger charge is 2.31. The molecule has 0 unspecified atom stereocenters. The van der Waals surface area contributed by atoms with Gasteiger partial charge in [-0.05, 0) is 140 Å². The molecule has 10 rings (SSSR count). The molecule has 0 aromatic heterocycles. The molecular weight excluding hydrogens is 697 g/mol. The van der Waals surface area contributed by atoms with Gasteiger partial charge in [0.1, 0.15) is 0 Å². The Morgan fingerprint density at radius 3 is 1.12 bits per heavy atom. The highest BCUT2D eigenvalue weighted by atomic mass is 14.3. The van der Waals surface area contributed by atoms with E-state index < -0.39 is 0 Å². The van der Waals surface area contributed by atoms with Gasteiger partial charge >= 0.3 is 0 Å². The molecular formula is C58H48. The molecule has 280 valence electrons. The summed E-state index contributed by atoms with van der Waals surface area (Å²) in [5, 5.41) is 5.17. The van der Waals surface area contributed by atoms with Crippen LogP contribution in [0, 0.1) is 0 Å². The fourth-order valence-electron chi connectivity index (χ4n) is 9.30. The Hall–Kier alpha value is -6.50. The van der Waals surface area contributed by atoms with E-state index in [1.165, 1.54) is 111 Å². The minimum absolute atomic E-state index is 0.0924. The molecule has 9 aromatic carbocycles.